The van der Waals surface area contributed by atoms with Crippen LogP contribution in [0.1, 0.15) is 34.5 Å². The highest BCUT2D eigenvalue weighted by Gasteiger charge is 2.28. The average Bonchev–Trinajstić information content (AvgIpc) is 3.19. The molecule has 0 saturated carbocycles. The predicted octanol–water partition coefficient (Wildman–Crippen LogP) is 2.17. The van der Waals surface area contributed by atoms with Crippen molar-refractivity contribution in [2.75, 3.05) is 5.32 Å². The van der Waals surface area contributed by atoms with Crippen LogP contribution in [0.15, 0.2) is 36.5 Å². The summed E-state index contributed by atoms with van der Waals surface area (Å²) >= 11 is 0. The molecule has 0 bridgehead atoms. The fourth-order valence-corrected chi connectivity index (χ4v) is 3.03. The molecular formula is C19H17N5O3. The Hall–Kier alpha value is -3.55. The molecule has 0 radical (unpaired) electrons. The number of nitrogens with one attached hydrogen (secondary N) is 2. The number of nitrogens with zero attached hydrogens (tertiary/aromatic N) is 3. The van der Waals surface area contributed by atoms with E-state index in [1.165, 1.54) is 4.90 Å². The van der Waals surface area contributed by atoms with Crippen molar-refractivity contribution >= 4 is 34.4 Å². The van der Waals surface area contributed by atoms with Gasteiger partial charge in [0.25, 0.3) is 5.91 Å². The normalized spacial score (nSPS) is 14.2. The Morgan fingerprint density at radius 3 is 2.59 bits per heavy atom. The Bertz CT molecular complexity index is 1040. The fourth-order valence-electron chi connectivity index (χ4n) is 3.03. The Morgan fingerprint density at radius 2 is 1.89 bits per heavy atom. The minimum Gasteiger partial charge on any atom is -0.321 e. The number of imide groups is 1. The molecule has 8 nitrogen and oxygen atoms in total. The molecule has 1 aliphatic heterocycles. The number of hydrogen-bond donors (Lipinski definition) is 2. The Morgan fingerprint density at radius 1 is 1.19 bits per heavy atom. The van der Waals surface area contributed by atoms with Crippen molar-refractivity contribution in [1.29, 1.82) is 0 Å². The van der Waals surface area contributed by atoms with Crippen LogP contribution < -0.4 is 5.32 Å². The molecule has 1 saturated heterocycles. The summed E-state index contributed by atoms with van der Waals surface area (Å²) in [6, 6.07) is 8.65. The second-order valence-corrected chi connectivity index (χ2v) is 6.47. The zero-order valence-corrected chi connectivity index (χ0v) is 14.7. The first-order valence-electron chi connectivity index (χ1n) is 8.55. The van der Waals surface area contributed by atoms with Crippen LogP contribution in [0.5, 0.6) is 0 Å². The van der Waals surface area contributed by atoms with Gasteiger partial charge >= 0.3 is 0 Å². The number of pyridine rings is 1. The van der Waals surface area contributed by atoms with E-state index < -0.39 is 0 Å². The van der Waals surface area contributed by atoms with E-state index >= 15 is 0 Å². The van der Waals surface area contributed by atoms with Crippen molar-refractivity contribution in [2.45, 2.75) is 26.3 Å². The highest BCUT2D eigenvalue weighted by atomic mass is 16.2. The molecular weight excluding hydrogens is 346 g/mol. The molecule has 136 valence electrons. The summed E-state index contributed by atoms with van der Waals surface area (Å²) in [5.74, 6) is -0.573. The number of likely N-dealkylation sites (tertiary alicyclic amines) is 1. The highest BCUT2D eigenvalue weighted by molar-refractivity contribution is 6.05. The molecule has 3 heterocycles. The third-order valence-corrected chi connectivity index (χ3v) is 4.57. The number of benzene rings is 1. The first-order chi connectivity index (χ1) is 13.0. The van der Waals surface area contributed by atoms with Crippen molar-refractivity contribution < 1.29 is 14.4 Å². The first-order valence-corrected chi connectivity index (χ1v) is 8.55. The van der Waals surface area contributed by atoms with Crippen molar-refractivity contribution in [3.8, 4) is 0 Å². The van der Waals surface area contributed by atoms with Gasteiger partial charge in [-0.05, 0) is 30.7 Å². The zero-order chi connectivity index (χ0) is 19.0. The van der Waals surface area contributed by atoms with Crippen LogP contribution in [0.25, 0.3) is 11.0 Å². The lowest BCUT2D eigenvalue weighted by Gasteiger charge is -2.14. The van der Waals surface area contributed by atoms with Crippen LogP contribution in [-0.4, -0.2) is 37.8 Å². The standard InChI is InChI=1S/C19H17N5O3/c1-11-15-8-14(9-20-18(15)23-22-11)21-19(27)13-4-2-12(3-5-13)10-24-16(25)6-7-17(24)26/h2-5,8-9H,6-7,10H2,1H3,(H,21,27)(H,20,22,23). The van der Waals surface area contributed by atoms with Gasteiger partial charge in [0.2, 0.25) is 11.8 Å². The van der Waals surface area contributed by atoms with Crippen LogP contribution >= 0.6 is 0 Å². The fraction of sp³-hybridized carbons (Fsp3) is 0.211. The minimum absolute atomic E-state index is 0.153. The van der Waals surface area contributed by atoms with Gasteiger partial charge in [-0.3, -0.25) is 24.4 Å². The number of carbonyl (C=O) groups is 3. The summed E-state index contributed by atoms with van der Waals surface area (Å²) in [6.07, 6.45) is 2.10. The first kappa shape index (κ1) is 16.9. The quantitative estimate of drug-likeness (QED) is 0.691. The summed E-state index contributed by atoms with van der Waals surface area (Å²) in [6.45, 7) is 2.12. The van der Waals surface area contributed by atoms with E-state index in [1.807, 2.05) is 13.0 Å². The van der Waals surface area contributed by atoms with Gasteiger partial charge in [0.05, 0.1) is 18.4 Å². The van der Waals surface area contributed by atoms with E-state index in [-0.39, 0.29) is 37.1 Å². The third-order valence-electron chi connectivity index (χ3n) is 4.57. The highest BCUT2D eigenvalue weighted by Crippen LogP contribution is 2.19. The molecule has 3 amide bonds. The zero-order valence-electron chi connectivity index (χ0n) is 14.7. The largest absolute Gasteiger partial charge is 0.321 e. The number of aryl methyl sites for hydroxylation is 1. The number of amides is 3. The maximum atomic E-state index is 12.5. The number of aromatic amines is 1. The van der Waals surface area contributed by atoms with E-state index in [9.17, 15) is 14.4 Å². The van der Waals surface area contributed by atoms with E-state index in [0.29, 0.717) is 16.9 Å². The van der Waals surface area contributed by atoms with Gasteiger partial charge in [-0.1, -0.05) is 12.1 Å². The number of H-pyrrole nitrogens is 1. The molecule has 1 aromatic carbocycles. The van der Waals surface area contributed by atoms with Gasteiger partial charge in [0.1, 0.15) is 0 Å². The van der Waals surface area contributed by atoms with Gasteiger partial charge in [-0.25, -0.2) is 4.98 Å². The average molecular weight is 363 g/mol. The maximum Gasteiger partial charge on any atom is 0.255 e. The SMILES string of the molecule is Cc1[nH]nc2ncc(NC(=O)c3ccc(CN4C(=O)CCC4=O)cc3)cc12. The van der Waals surface area contributed by atoms with Crippen molar-refractivity contribution in [2.24, 2.45) is 0 Å². The second-order valence-electron chi connectivity index (χ2n) is 6.47. The van der Waals surface area contributed by atoms with Crippen molar-refractivity contribution in [3.05, 3.63) is 53.3 Å². The summed E-state index contributed by atoms with van der Waals surface area (Å²) in [4.78, 5) is 41.3. The van der Waals surface area contributed by atoms with Gasteiger partial charge < -0.3 is 5.32 Å². The molecule has 3 aromatic rings. The van der Waals surface area contributed by atoms with Crippen LogP contribution in [0.3, 0.4) is 0 Å². The molecule has 0 aliphatic carbocycles. The maximum absolute atomic E-state index is 12.5. The molecule has 0 spiro atoms. The molecule has 1 fully saturated rings. The second kappa shape index (κ2) is 6.64. The van der Waals surface area contributed by atoms with Crippen LogP contribution in [0.4, 0.5) is 5.69 Å². The van der Waals surface area contributed by atoms with Gasteiger partial charge in [-0.15, -0.1) is 0 Å². The van der Waals surface area contributed by atoms with Crippen LogP contribution in [0, 0.1) is 6.92 Å². The predicted molar refractivity (Wildman–Crippen MR) is 97.8 cm³/mol. The molecule has 2 N–H and O–H groups in total. The molecule has 0 unspecified atom stereocenters. The van der Waals surface area contributed by atoms with E-state index in [4.69, 9.17) is 0 Å². The summed E-state index contributed by atoms with van der Waals surface area (Å²) < 4.78 is 0. The van der Waals surface area contributed by atoms with Gasteiger partial charge in [-0.2, -0.15) is 5.10 Å². The number of anilines is 1. The molecule has 0 atom stereocenters. The van der Waals surface area contributed by atoms with E-state index in [2.05, 4.69) is 20.5 Å². The molecule has 8 heteroatoms. The number of rotatable bonds is 4. The smallest absolute Gasteiger partial charge is 0.255 e. The molecule has 1 aliphatic rings. The van der Waals surface area contributed by atoms with Gasteiger partial charge in [0, 0.05) is 29.5 Å². The van der Waals surface area contributed by atoms with Crippen LogP contribution in [-0.2, 0) is 16.1 Å². The molecule has 27 heavy (non-hydrogen) atoms. The Balaban J connectivity index is 1.46. The lowest BCUT2D eigenvalue weighted by Crippen LogP contribution is -2.28. The van der Waals surface area contributed by atoms with Crippen LogP contribution in [0.2, 0.25) is 0 Å². The summed E-state index contributed by atoms with van der Waals surface area (Å²) in [5.41, 5.74) is 3.33. The number of carbonyl (C=O) groups excluding carboxylic acids is 3. The third kappa shape index (κ3) is 3.29. The van der Waals surface area contributed by atoms with Crippen molar-refractivity contribution in [1.82, 2.24) is 20.1 Å². The Labute approximate surface area is 154 Å². The van der Waals surface area contributed by atoms with E-state index in [1.54, 1.807) is 30.5 Å². The number of hydrogen-bond acceptors (Lipinski definition) is 5. The lowest BCUT2D eigenvalue weighted by atomic mass is 10.1. The number of aromatic nitrogens is 3. The lowest BCUT2D eigenvalue weighted by molar-refractivity contribution is -0.139. The summed E-state index contributed by atoms with van der Waals surface area (Å²) in [5, 5.41) is 10.6. The number of fused-ring (bicyclic) bond motifs is 1. The monoisotopic (exact) mass is 363 g/mol. The topological polar surface area (TPSA) is 108 Å². The Kier molecular flexibility index (Phi) is 4.15. The van der Waals surface area contributed by atoms with Crippen molar-refractivity contribution in [3.63, 3.8) is 0 Å². The summed E-state index contributed by atoms with van der Waals surface area (Å²) in [7, 11) is 0. The van der Waals surface area contributed by atoms with Gasteiger partial charge in [0.15, 0.2) is 5.65 Å². The minimum atomic E-state index is -0.267. The van der Waals surface area contributed by atoms with E-state index in [0.717, 1.165) is 16.6 Å². The molecule has 2 aromatic heterocycles. The molecule has 4 rings (SSSR count).